The van der Waals surface area contributed by atoms with Gasteiger partial charge in [0, 0.05) is 11.8 Å². The van der Waals surface area contributed by atoms with Gasteiger partial charge in [-0.15, -0.1) is 0 Å². The van der Waals surface area contributed by atoms with Gasteiger partial charge in [0.05, 0.1) is 12.1 Å². The predicted molar refractivity (Wildman–Crippen MR) is 48.1 cm³/mol. The van der Waals surface area contributed by atoms with Crippen LogP contribution in [0.5, 0.6) is 0 Å². The molecule has 1 fully saturated rings. The van der Waals surface area contributed by atoms with E-state index in [0.717, 1.165) is 0 Å². The number of rotatable bonds is 0. The summed E-state index contributed by atoms with van der Waals surface area (Å²) in [5, 5.41) is 17.8. The molecule has 0 aliphatic heterocycles. The van der Waals surface area contributed by atoms with E-state index < -0.39 is 5.41 Å². The first-order chi connectivity index (χ1) is 6.35. The first-order valence-corrected chi connectivity index (χ1v) is 4.19. The van der Waals surface area contributed by atoms with E-state index in [9.17, 15) is 0 Å². The second-order valence-corrected chi connectivity index (χ2v) is 3.30. The Morgan fingerprint density at radius 3 is 1.69 bits per heavy atom. The monoisotopic (exact) mass is 168 g/mol. The third-order valence-corrected chi connectivity index (χ3v) is 2.67. The molecule has 2 aliphatic carbocycles. The van der Waals surface area contributed by atoms with Gasteiger partial charge in [-0.3, -0.25) is 0 Å². The lowest BCUT2D eigenvalue weighted by Gasteiger charge is -1.88. The summed E-state index contributed by atoms with van der Waals surface area (Å²) in [5.41, 5.74) is -0.793. The minimum Gasteiger partial charge on any atom is -0.197 e. The van der Waals surface area contributed by atoms with Crippen LogP contribution < -0.4 is 0 Å². The van der Waals surface area contributed by atoms with Crippen LogP contribution in [0.3, 0.4) is 0 Å². The lowest BCUT2D eigenvalue weighted by Crippen LogP contribution is -1.95. The fourth-order valence-electron chi connectivity index (χ4n) is 1.80. The highest BCUT2D eigenvalue weighted by Crippen LogP contribution is 2.59. The van der Waals surface area contributed by atoms with Crippen LogP contribution in [0.15, 0.2) is 36.5 Å². The average Bonchev–Trinajstić information content (AvgIpc) is 2.71. The highest BCUT2D eigenvalue weighted by Gasteiger charge is 2.64. The van der Waals surface area contributed by atoms with Crippen LogP contribution in [0.2, 0.25) is 0 Å². The number of nitriles is 2. The third-order valence-electron chi connectivity index (χ3n) is 2.67. The topological polar surface area (TPSA) is 47.6 Å². The zero-order valence-corrected chi connectivity index (χ0v) is 7.01. The molecule has 0 aromatic heterocycles. The zero-order valence-electron chi connectivity index (χ0n) is 7.01. The summed E-state index contributed by atoms with van der Waals surface area (Å²) < 4.78 is 0. The third kappa shape index (κ3) is 0.927. The van der Waals surface area contributed by atoms with Crippen LogP contribution in [-0.2, 0) is 0 Å². The van der Waals surface area contributed by atoms with E-state index in [1.54, 1.807) is 0 Å². The van der Waals surface area contributed by atoms with Crippen LogP contribution in [0.1, 0.15) is 0 Å². The van der Waals surface area contributed by atoms with Crippen molar-refractivity contribution in [1.29, 1.82) is 10.5 Å². The molecule has 2 nitrogen and oxygen atoms in total. The van der Waals surface area contributed by atoms with Gasteiger partial charge >= 0.3 is 0 Å². The van der Waals surface area contributed by atoms with Gasteiger partial charge in [-0.25, -0.2) is 0 Å². The average molecular weight is 168 g/mol. The van der Waals surface area contributed by atoms with E-state index in [4.69, 9.17) is 10.5 Å². The van der Waals surface area contributed by atoms with Crippen LogP contribution in [0, 0.1) is 39.9 Å². The van der Waals surface area contributed by atoms with Gasteiger partial charge in [0.1, 0.15) is 0 Å². The molecule has 2 aliphatic rings. The van der Waals surface area contributed by atoms with E-state index in [1.165, 1.54) is 0 Å². The van der Waals surface area contributed by atoms with Crippen molar-refractivity contribution in [2.45, 2.75) is 0 Å². The number of hydrogen-bond donors (Lipinski definition) is 0. The molecule has 0 heterocycles. The normalized spacial score (nSPS) is 39.5. The standard InChI is InChI=1S/C11H8N2/c12-7-11(8-13)9-5-3-1-2-4-6-10(9)11/h1-6,9-10H/b2-1-,5-3-,6-4-. The minimum absolute atomic E-state index is 0.0868. The lowest BCUT2D eigenvalue weighted by atomic mass is 10.1. The minimum atomic E-state index is -0.793. The van der Waals surface area contributed by atoms with Crippen molar-refractivity contribution < 1.29 is 0 Å². The number of allylic oxidation sites excluding steroid dienone is 6. The summed E-state index contributed by atoms with van der Waals surface area (Å²) in [5.74, 6) is 0.174. The number of fused-ring (bicyclic) bond motifs is 1. The molecule has 2 rings (SSSR count). The molecule has 0 aromatic rings. The van der Waals surface area contributed by atoms with Crippen molar-refractivity contribution in [3.05, 3.63) is 36.5 Å². The molecular weight excluding hydrogens is 160 g/mol. The van der Waals surface area contributed by atoms with Gasteiger partial charge in [-0.2, -0.15) is 10.5 Å². The first kappa shape index (κ1) is 7.83. The van der Waals surface area contributed by atoms with E-state index >= 15 is 0 Å². The molecule has 0 spiro atoms. The predicted octanol–water partition coefficient (Wildman–Crippen LogP) is 1.95. The molecule has 0 saturated heterocycles. The van der Waals surface area contributed by atoms with Gasteiger partial charge in [0.15, 0.2) is 5.41 Å². The Hall–Kier alpha value is -1.80. The van der Waals surface area contributed by atoms with Gasteiger partial charge in [0.2, 0.25) is 0 Å². The molecule has 2 heteroatoms. The lowest BCUT2D eigenvalue weighted by molar-refractivity contribution is 0.803. The molecule has 0 amide bonds. The Morgan fingerprint density at radius 2 is 1.31 bits per heavy atom. The van der Waals surface area contributed by atoms with Crippen LogP contribution in [0.4, 0.5) is 0 Å². The molecule has 0 aromatic carbocycles. The second kappa shape index (κ2) is 2.61. The molecule has 1 saturated carbocycles. The maximum atomic E-state index is 8.91. The van der Waals surface area contributed by atoms with Crippen LogP contribution in [0.25, 0.3) is 0 Å². The second-order valence-electron chi connectivity index (χ2n) is 3.30. The molecule has 0 N–H and O–H groups in total. The smallest absolute Gasteiger partial charge is 0.157 e. The summed E-state index contributed by atoms with van der Waals surface area (Å²) in [6, 6.07) is 4.22. The summed E-state index contributed by atoms with van der Waals surface area (Å²) >= 11 is 0. The fourth-order valence-corrected chi connectivity index (χ4v) is 1.80. The Bertz CT molecular complexity index is 349. The molecule has 62 valence electrons. The number of nitrogens with zero attached hydrogens (tertiary/aromatic N) is 2. The Balaban J connectivity index is 2.36. The summed E-state index contributed by atoms with van der Waals surface area (Å²) in [4.78, 5) is 0. The Morgan fingerprint density at radius 1 is 0.846 bits per heavy atom. The van der Waals surface area contributed by atoms with Crippen LogP contribution in [-0.4, -0.2) is 0 Å². The van der Waals surface area contributed by atoms with Crippen molar-refractivity contribution in [3.8, 4) is 12.1 Å². The molecule has 0 radical (unpaired) electrons. The summed E-state index contributed by atoms with van der Waals surface area (Å²) in [6.07, 6.45) is 11.5. The van der Waals surface area contributed by atoms with Gasteiger partial charge in [-0.1, -0.05) is 36.5 Å². The van der Waals surface area contributed by atoms with Crippen molar-refractivity contribution >= 4 is 0 Å². The number of hydrogen-bond acceptors (Lipinski definition) is 2. The Labute approximate surface area is 77.1 Å². The maximum Gasteiger partial charge on any atom is 0.157 e. The SMILES string of the molecule is N#CC1(C#N)C2\C=C/C=C\C=C/C21. The van der Waals surface area contributed by atoms with Crippen molar-refractivity contribution in [3.63, 3.8) is 0 Å². The Kier molecular flexibility index (Phi) is 1.57. The van der Waals surface area contributed by atoms with E-state index in [-0.39, 0.29) is 11.8 Å². The first-order valence-electron chi connectivity index (χ1n) is 4.19. The molecule has 2 atom stereocenters. The quantitative estimate of drug-likeness (QED) is 0.555. The zero-order chi connectivity index (χ0) is 9.31. The van der Waals surface area contributed by atoms with Crippen molar-refractivity contribution in [2.75, 3.05) is 0 Å². The highest BCUT2D eigenvalue weighted by molar-refractivity contribution is 5.41. The van der Waals surface area contributed by atoms with Gasteiger partial charge < -0.3 is 0 Å². The van der Waals surface area contributed by atoms with E-state index in [0.29, 0.717) is 0 Å². The van der Waals surface area contributed by atoms with Crippen molar-refractivity contribution in [2.24, 2.45) is 17.3 Å². The highest BCUT2D eigenvalue weighted by atomic mass is 14.6. The molecule has 13 heavy (non-hydrogen) atoms. The summed E-state index contributed by atoms with van der Waals surface area (Å²) in [6.45, 7) is 0. The van der Waals surface area contributed by atoms with Gasteiger partial charge in [-0.05, 0) is 0 Å². The van der Waals surface area contributed by atoms with Crippen molar-refractivity contribution in [1.82, 2.24) is 0 Å². The molecular formula is C11H8N2. The van der Waals surface area contributed by atoms with Gasteiger partial charge in [0.25, 0.3) is 0 Å². The van der Waals surface area contributed by atoms with E-state index in [2.05, 4.69) is 12.1 Å². The fraction of sp³-hybridized carbons (Fsp3) is 0.273. The van der Waals surface area contributed by atoms with Crippen LogP contribution >= 0.6 is 0 Å². The largest absolute Gasteiger partial charge is 0.197 e. The summed E-state index contributed by atoms with van der Waals surface area (Å²) in [7, 11) is 0. The molecule has 0 bridgehead atoms. The molecule has 2 unspecified atom stereocenters. The maximum absolute atomic E-state index is 8.91. The van der Waals surface area contributed by atoms with E-state index in [1.807, 2.05) is 36.5 Å².